The highest BCUT2D eigenvalue weighted by atomic mass is 32.2. The van der Waals surface area contributed by atoms with Gasteiger partial charge in [-0.2, -0.15) is 0 Å². The second kappa shape index (κ2) is 8.06. The molecule has 1 fully saturated rings. The highest BCUT2D eigenvalue weighted by Crippen LogP contribution is 2.28. The van der Waals surface area contributed by atoms with E-state index in [1.807, 2.05) is 0 Å². The number of anilines is 1. The van der Waals surface area contributed by atoms with Crippen LogP contribution < -0.4 is 14.8 Å². The topological polar surface area (TPSA) is 84.5 Å². The minimum absolute atomic E-state index is 0.144. The molecular formula is C19H21FN2O4S. The predicted molar refractivity (Wildman–Crippen MR) is 99.5 cm³/mol. The molecule has 144 valence electrons. The number of nitrogens with one attached hydrogen (secondary N) is 2. The van der Waals surface area contributed by atoms with Crippen LogP contribution in [0.4, 0.5) is 10.1 Å². The largest absolute Gasteiger partial charge is 0.481 e. The number of sulfonamides is 1. The van der Waals surface area contributed by atoms with E-state index >= 15 is 0 Å². The first kappa shape index (κ1) is 19.3. The van der Waals surface area contributed by atoms with Gasteiger partial charge in [0.15, 0.2) is 6.10 Å². The molecule has 0 aromatic heterocycles. The van der Waals surface area contributed by atoms with Gasteiger partial charge in [-0.3, -0.25) is 4.79 Å². The van der Waals surface area contributed by atoms with Crippen molar-refractivity contribution in [2.24, 2.45) is 5.92 Å². The zero-order valence-corrected chi connectivity index (χ0v) is 15.6. The standard InChI is InChI=1S/C19H21FN2O4S/c1-13(26-17-4-2-3-15(20)11-17)19(23)22-16-7-9-18(10-8-16)27(24,25)21-12-14-5-6-14/h2-4,7-11,13-14,21H,5-6,12H2,1H3,(H,22,23). The number of halogens is 1. The van der Waals surface area contributed by atoms with Crippen molar-refractivity contribution in [3.05, 3.63) is 54.3 Å². The summed E-state index contributed by atoms with van der Waals surface area (Å²) in [6.07, 6.45) is 1.27. The Hall–Kier alpha value is -2.45. The molecule has 1 aliphatic rings. The Morgan fingerprint density at radius 2 is 1.93 bits per heavy atom. The van der Waals surface area contributed by atoms with Crippen molar-refractivity contribution in [3.8, 4) is 5.75 Å². The smallest absolute Gasteiger partial charge is 0.265 e. The third-order valence-electron chi connectivity index (χ3n) is 4.17. The number of benzene rings is 2. The van der Waals surface area contributed by atoms with E-state index in [0.29, 0.717) is 18.2 Å². The van der Waals surface area contributed by atoms with Crippen molar-refractivity contribution in [1.82, 2.24) is 4.72 Å². The van der Waals surface area contributed by atoms with Crippen LogP contribution in [0.25, 0.3) is 0 Å². The minimum atomic E-state index is -3.54. The summed E-state index contributed by atoms with van der Waals surface area (Å²) in [5.41, 5.74) is 0.441. The molecule has 0 aliphatic heterocycles. The average molecular weight is 392 g/mol. The van der Waals surface area contributed by atoms with E-state index < -0.39 is 27.9 Å². The maximum Gasteiger partial charge on any atom is 0.265 e. The Kier molecular flexibility index (Phi) is 5.76. The summed E-state index contributed by atoms with van der Waals surface area (Å²) in [4.78, 5) is 12.4. The fourth-order valence-corrected chi connectivity index (χ4v) is 3.51. The maximum absolute atomic E-state index is 13.2. The van der Waals surface area contributed by atoms with Gasteiger partial charge in [0, 0.05) is 18.3 Å². The molecule has 2 N–H and O–H groups in total. The lowest BCUT2D eigenvalue weighted by Gasteiger charge is -2.15. The molecule has 1 aliphatic carbocycles. The van der Waals surface area contributed by atoms with E-state index in [0.717, 1.165) is 12.8 Å². The van der Waals surface area contributed by atoms with Crippen LogP contribution in [0.15, 0.2) is 53.4 Å². The lowest BCUT2D eigenvalue weighted by molar-refractivity contribution is -0.122. The van der Waals surface area contributed by atoms with Gasteiger partial charge >= 0.3 is 0 Å². The molecule has 2 aromatic rings. The minimum Gasteiger partial charge on any atom is -0.481 e. The zero-order chi connectivity index (χ0) is 19.4. The summed E-state index contributed by atoms with van der Waals surface area (Å²) in [6.45, 7) is 2.00. The SMILES string of the molecule is CC(Oc1cccc(F)c1)C(=O)Nc1ccc(S(=O)(=O)NCC2CC2)cc1. The number of hydrogen-bond donors (Lipinski definition) is 2. The molecular weight excluding hydrogens is 371 g/mol. The van der Waals surface area contributed by atoms with Crippen LogP contribution in [0.2, 0.25) is 0 Å². The second-order valence-corrected chi connectivity index (χ2v) is 8.29. The highest BCUT2D eigenvalue weighted by Gasteiger charge is 2.24. The Morgan fingerprint density at radius 3 is 2.56 bits per heavy atom. The third kappa shape index (κ3) is 5.51. The molecule has 0 spiro atoms. The molecule has 8 heteroatoms. The Labute approximate surface area is 157 Å². The van der Waals surface area contributed by atoms with Gasteiger partial charge < -0.3 is 10.1 Å². The first-order valence-electron chi connectivity index (χ1n) is 8.66. The van der Waals surface area contributed by atoms with Crippen LogP contribution in [0.1, 0.15) is 19.8 Å². The van der Waals surface area contributed by atoms with Crippen LogP contribution >= 0.6 is 0 Å². The monoisotopic (exact) mass is 392 g/mol. The molecule has 1 amide bonds. The number of carbonyl (C=O) groups excluding carboxylic acids is 1. The fourth-order valence-electron chi connectivity index (χ4n) is 2.39. The average Bonchev–Trinajstić information content (AvgIpc) is 3.45. The normalized spacial score (nSPS) is 15.2. The van der Waals surface area contributed by atoms with Crippen molar-refractivity contribution in [2.75, 3.05) is 11.9 Å². The van der Waals surface area contributed by atoms with Crippen LogP contribution in [-0.2, 0) is 14.8 Å². The van der Waals surface area contributed by atoms with Crippen molar-refractivity contribution in [2.45, 2.75) is 30.8 Å². The van der Waals surface area contributed by atoms with Crippen molar-refractivity contribution in [1.29, 1.82) is 0 Å². The van der Waals surface area contributed by atoms with E-state index in [1.165, 1.54) is 42.5 Å². The summed E-state index contributed by atoms with van der Waals surface area (Å²) >= 11 is 0. The first-order chi connectivity index (χ1) is 12.8. The highest BCUT2D eigenvalue weighted by molar-refractivity contribution is 7.89. The lowest BCUT2D eigenvalue weighted by atomic mass is 10.3. The Bertz CT molecular complexity index is 912. The van der Waals surface area contributed by atoms with Crippen molar-refractivity contribution < 1.29 is 22.3 Å². The summed E-state index contributed by atoms with van der Waals surface area (Å²) < 4.78 is 45.5. The molecule has 0 heterocycles. The quantitative estimate of drug-likeness (QED) is 0.723. The van der Waals surface area contributed by atoms with Gasteiger partial charge in [0.25, 0.3) is 5.91 Å². The third-order valence-corrected chi connectivity index (χ3v) is 5.61. The van der Waals surface area contributed by atoms with Gasteiger partial charge in [-0.05, 0) is 62.1 Å². The van der Waals surface area contributed by atoms with Gasteiger partial charge in [0.2, 0.25) is 10.0 Å². The fraction of sp³-hybridized carbons (Fsp3) is 0.316. The van der Waals surface area contributed by atoms with Crippen LogP contribution in [0, 0.1) is 11.7 Å². The van der Waals surface area contributed by atoms with Gasteiger partial charge in [-0.15, -0.1) is 0 Å². The summed E-state index contributed by atoms with van der Waals surface area (Å²) in [5, 5.41) is 2.64. The van der Waals surface area contributed by atoms with E-state index in [1.54, 1.807) is 13.0 Å². The number of ether oxygens (including phenoxy) is 1. The molecule has 27 heavy (non-hydrogen) atoms. The molecule has 0 saturated heterocycles. The molecule has 0 bridgehead atoms. The molecule has 6 nitrogen and oxygen atoms in total. The van der Waals surface area contributed by atoms with Gasteiger partial charge in [0.1, 0.15) is 11.6 Å². The van der Waals surface area contributed by atoms with Gasteiger partial charge in [-0.25, -0.2) is 17.5 Å². The number of carbonyl (C=O) groups is 1. The number of hydrogen-bond acceptors (Lipinski definition) is 4. The summed E-state index contributed by atoms with van der Waals surface area (Å²) in [5.74, 6) is -0.187. The van der Waals surface area contributed by atoms with Crippen LogP contribution in [0.5, 0.6) is 5.75 Å². The maximum atomic E-state index is 13.2. The summed E-state index contributed by atoms with van der Waals surface area (Å²) in [7, 11) is -3.54. The van der Waals surface area contributed by atoms with E-state index in [9.17, 15) is 17.6 Å². The zero-order valence-electron chi connectivity index (χ0n) is 14.8. The van der Waals surface area contributed by atoms with Gasteiger partial charge in [-0.1, -0.05) is 6.07 Å². The van der Waals surface area contributed by atoms with E-state index in [2.05, 4.69) is 10.0 Å². The Morgan fingerprint density at radius 1 is 1.22 bits per heavy atom. The van der Waals surface area contributed by atoms with E-state index in [-0.39, 0.29) is 10.6 Å². The predicted octanol–water partition coefficient (Wildman–Crippen LogP) is 2.92. The molecule has 1 unspecified atom stereocenters. The van der Waals surface area contributed by atoms with E-state index in [4.69, 9.17) is 4.74 Å². The van der Waals surface area contributed by atoms with Gasteiger partial charge in [0.05, 0.1) is 4.90 Å². The summed E-state index contributed by atoms with van der Waals surface area (Å²) in [6, 6.07) is 11.4. The van der Waals surface area contributed by atoms with Crippen molar-refractivity contribution in [3.63, 3.8) is 0 Å². The molecule has 1 atom stereocenters. The Balaban J connectivity index is 1.57. The van der Waals surface area contributed by atoms with Crippen molar-refractivity contribution >= 4 is 21.6 Å². The van der Waals surface area contributed by atoms with Crippen LogP contribution in [-0.4, -0.2) is 27.0 Å². The lowest BCUT2D eigenvalue weighted by Crippen LogP contribution is -2.30. The molecule has 3 rings (SSSR count). The second-order valence-electron chi connectivity index (χ2n) is 6.53. The number of amides is 1. The van der Waals surface area contributed by atoms with Crippen LogP contribution in [0.3, 0.4) is 0 Å². The molecule has 0 radical (unpaired) electrons. The first-order valence-corrected chi connectivity index (χ1v) is 10.1. The number of rotatable bonds is 8. The molecule has 1 saturated carbocycles. The molecule has 2 aromatic carbocycles.